The second kappa shape index (κ2) is 4.99. The van der Waals surface area contributed by atoms with Gasteiger partial charge in [-0.3, -0.25) is 0 Å². The number of aryl methyl sites for hydroxylation is 1. The molecule has 0 N–H and O–H groups in total. The zero-order valence-electron chi connectivity index (χ0n) is 9.53. The van der Waals surface area contributed by atoms with E-state index in [4.69, 9.17) is 4.74 Å². The Balaban J connectivity index is 2.30. The van der Waals surface area contributed by atoms with Gasteiger partial charge in [-0.1, -0.05) is 53.2 Å². The number of hydrogen-bond acceptors (Lipinski definition) is 1. The molecular formula is C14H14OSi. The molecule has 2 rings (SSSR count). The van der Waals surface area contributed by atoms with Gasteiger partial charge in [-0.05, 0) is 18.2 Å². The summed E-state index contributed by atoms with van der Waals surface area (Å²) in [6.45, 7) is 2.11. The molecule has 2 radical (unpaired) electrons. The van der Waals surface area contributed by atoms with E-state index in [0.29, 0.717) is 9.52 Å². The summed E-state index contributed by atoms with van der Waals surface area (Å²) in [5.41, 5.74) is 1.28. The predicted molar refractivity (Wildman–Crippen MR) is 69.2 cm³/mol. The van der Waals surface area contributed by atoms with Crippen LogP contribution in [0.5, 0.6) is 5.75 Å². The first-order chi connectivity index (χ1) is 7.79. The van der Waals surface area contributed by atoms with Gasteiger partial charge >= 0.3 is 0 Å². The van der Waals surface area contributed by atoms with Crippen LogP contribution in [-0.2, 0) is 0 Å². The lowest BCUT2D eigenvalue weighted by Gasteiger charge is -2.08. The monoisotopic (exact) mass is 226 g/mol. The lowest BCUT2D eigenvalue weighted by molar-refractivity contribution is 0.418. The maximum Gasteiger partial charge on any atom is 0.126 e. The molecule has 0 fully saturated rings. The van der Waals surface area contributed by atoms with Crippen molar-refractivity contribution in [3.63, 3.8) is 0 Å². The Morgan fingerprint density at radius 1 is 1.00 bits per heavy atom. The van der Waals surface area contributed by atoms with E-state index < -0.39 is 0 Å². The second-order valence-electron chi connectivity index (χ2n) is 3.69. The summed E-state index contributed by atoms with van der Waals surface area (Å²) < 4.78 is 5.38. The van der Waals surface area contributed by atoms with E-state index in [2.05, 4.69) is 43.3 Å². The Morgan fingerprint density at radius 2 is 1.75 bits per heavy atom. The lowest BCUT2D eigenvalue weighted by atomic mass is 10.2. The van der Waals surface area contributed by atoms with Gasteiger partial charge in [-0.25, -0.2) is 0 Å². The smallest absolute Gasteiger partial charge is 0.126 e. The molecule has 80 valence electrons. The molecule has 0 aliphatic carbocycles. The fourth-order valence-corrected chi connectivity index (χ4v) is 2.88. The molecule has 0 amide bonds. The van der Waals surface area contributed by atoms with E-state index in [1.807, 2.05) is 12.1 Å². The zero-order valence-corrected chi connectivity index (χ0v) is 10.5. The van der Waals surface area contributed by atoms with Crippen molar-refractivity contribution in [1.29, 1.82) is 0 Å². The molecule has 0 saturated heterocycles. The van der Waals surface area contributed by atoms with Crippen molar-refractivity contribution in [2.75, 3.05) is 7.11 Å². The topological polar surface area (TPSA) is 9.23 Å². The highest BCUT2D eigenvalue weighted by Crippen LogP contribution is 2.07. The average molecular weight is 226 g/mol. The first-order valence-electron chi connectivity index (χ1n) is 5.26. The lowest BCUT2D eigenvalue weighted by Crippen LogP contribution is -2.28. The Morgan fingerprint density at radius 3 is 2.44 bits per heavy atom. The summed E-state index contributed by atoms with van der Waals surface area (Å²) in [7, 11) is 2.38. The van der Waals surface area contributed by atoms with Gasteiger partial charge in [-0.2, -0.15) is 0 Å². The van der Waals surface area contributed by atoms with E-state index in [-0.39, 0.29) is 0 Å². The molecule has 0 unspecified atom stereocenters. The highest BCUT2D eigenvalue weighted by Gasteiger charge is 2.05. The van der Waals surface area contributed by atoms with Crippen LogP contribution in [0.25, 0.3) is 0 Å². The van der Waals surface area contributed by atoms with Crippen molar-refractivity contribution < 1.29 is 4.74 Å². The normalized spacial score (nSPS) is 10.1. The molecule has 0 saturated carbocycles. The molecule has 2 heteroatoms. The highest BCUT2D eigenvalue weighted by molar-refractivity contribution is 6.68. The van der Waals surface area contributed by atoms with E-state index in [1.54, 1.807) is 7.11 Å². The zero-order chi connectivity index (χ0) is 11.4. The number of benzene rings is 2. The number of rotatable bonds is 3. The van der Waals surface area contributed by atoms with Crippen molar-refractivity contribution >= 4 is 19.9 Å². The average Bonchev–Trinajstić information content (AvgIpc) is 2.31. The number of methoxy groups -OCH3 is 1. The van der Waals surface area contributed by atoms with Gasteiger partial charge in [0.1, 0.15) is 15.3 Å². The molecule has 0 bridgehead atoms. The van der Waals surface area contributed by atoms with Crippen LogP contribution in [0.1, 0.15) is 5.56 Å². The fraction of sp³-hybridized carbons (Fsp3) is 0.143. The van der Waals surface area contributed by atoms with E-state index in [1.165, 1.54) is 15.9 Å². The van der Waals surface area contributed by atoms with Gasteiger partial charge in [0, 0.05) is 0 Å². The maximum absolute atomic E-state index is 5.38. The molecule has 0 aliphatic rings. The number of hydrogen-bond donors (Lipinski definition) is 0. The van der Waals surface area contributed by atoms with Crippen molar-refractivity contribution in [1.82, 2.24) is 0 Å². The molecule has 16 heavy (non-hydrogen) atoms. The SMILES string of the molecule is COc1ccc(C)cc1[Si]c1ccccc1. The van der Waals surface area contributed by atoms with Crippen molar-refractivity contribution in [2.45, 2.75) is 6.92 Å². The summed E-state index contributed by atoms with van der Waals surface area (Å²) in [6.07, 6.45) is 0. The number of ether oxygens (including phenoxy) is 1. The minimum Gasteiger partial charge on any atom is -0.497 e. The van der Waals surface area contributed by atoms with Gasteiger partial charge in [0.05, 0.1) is 7.11 Å². The molecule has 0 aliphatic heterocycles. The second-order valence-corrected chi connectivity index (χ2v) is 5.06. The predicted octanol–water partition coefficient (Wildman–Crippen LogP) is 1.66. The van der Waals surface area contributed by atoms with Crippen LogP contribution in [0.3, 0.4) is 0 Å². The van der Waals surface area contributed by atoms with Crippen molar-refractivity contribution in [3.8, 4) is 5.75 Å². The van der Waals surface area contributed by atoms with Crippen LogP contribution in [0.4, 0.5) is 0 Å². The maximum atomic E-state index is 5.38. The van der Waals surface area contributed by atoms with Crippen LogP contribution in [-0.4, -0.2) is 16.6 Å². The quantitative estimate of drug-likeness (QED) is 0.723. The van der Waals surface area contributed by atoms with Gasteiger partial charge in [0.25, 0.3) is 0 Å². The molecule has 2 aromatic rings. The van der Waals surface area contributed by atoms with Crippen LogP contribution in [0.2, 0.25) is 0 Å². The van der Waals surface area contributed by atoms with E-state index >= 15 is 0 Å². The van der Waals surface area contributed by atoms with Crippen LogP contribution < -0.4 is 15.1 Å². The minimum atomic E-state index is 0.654. The highest BCUT2D eigenvalue weighted by atomic mass is 28.2. The van der Waals surface area contributed by atoms with Gasteiger partial charge < -0.3 is 4.74 Å². The molecule has 0 aromatic heterocycles. The summed E-state index contributed by atoms with van der Waals surface area (Å²) in [4.78, 5) is 0. The third-order valence-electron chi connectivity index (χ3n) is 2.41. The molecular weight excluding hydrogens is 212 g/mol. The van der Waals surface area contributed by atoms with E-state index in [9.17, 15) is 0 Å². The Kier molecular flexibility index (Phi) is 3.42. The molecule has 1 nitrogen and oxygen atoms in total. The van der Waals surface area contributed by atoms with Crippen molar-refractivity contribution in [2.24, 2.45) is 0 Å². The van der Waals surface area contributed by atoms with Crippen molar-refractivity contribution in [3.05, 3.63) is 54.1 Å². The minimum absolute atomic E-state index is 0.654. The van der Waals surface area contributed by atoms with Gasteiger partial charge in [0.2, 0.25) is 0 Å². The molecule has 0 heterocycles. The Bertz CT molecular complexity index is 465. The van der Waals surface area contributed by atoms with Crippen LogP contribution in [0, 0.1) is 6.92 Å². The standard InChI is InChI=1S/C14H14OSi/c1-11-8-9-13(15-2)14(10-11)16-12-6-4-3-5-7-12/h3-10H,1-2H3. The van der Waals surface area contributed by atoms with Crippen LogP contribution in [0.15, 0.2) is 48.5 Å². The Hall–Kier alpha value is -1.54. The molecule has 0 spiro atoms. The summed E-state index contributed by atoms with van der Waals surface area (Å²) in [5, 5.41) is 2.61. The molecule has 0 atom stereocenters. The van der Waals surface area contributed by atoms with Gasteiger partial charge in [-0.15, -0.1) is 0 Å². The summed E-state index contributed by atoms with van der Waals surface area (Å²) in [5.74, 6) is 0.979. The molecule has 2 aromatic carbocycles. The first kappa shape index (κ1) is 11.0. The fourth-order valence-electron chi connectivity index (χ4n) is 1.60. The van der Waals surface area contributed by atoms with E-state index in [0.717, 1.165) is 5.75 Å². The third kappa shape index (κ3) is 2.52. The summed E-state index contributed by atoms with van der Waals surface area (Å²) >= 11 is 0. The largest absolute Gasteiger partial charge is 0.497 e. The Labute approximate surface area is 98.9 Å². The van der Waals surface area contributed by atoms with Gasteiger partial charge in [0.15, 0.2) is 0 Å². The first-order valence-corrected chi connectivity index (χ1v) is 6.26. The summed E-state index contributed by atoms with van der Waals surface area (Å²) in [6, 6.07) is 16.8. The van der Waals surface area contributed by atoms with Crippen LogP contribution >= 0.6 is 0 Å². The third-order valence-corrected chi connectivity index (χ3v) is 3.69.